The Hall–Kier alpha value is -6.82. The monoisotopic (exact) mass is 788 g/mol. The molecule has 0 atom stereocenters. The Morgan fingerprint density at radius 2 is 0.776 bits per heavy atom. The molecular weight excluding hydrogens is 741 g/mol. The molecule has 0 heterocycles. The van der Waals surface area contributed by atoms with Crippen molar-refractivity contribution in [3.05, 3.63) is 145 Å². The van der Waals surface area contributed by atoms with Crippen LogP contribution in [-0.2, 0) is 19.1 Å². The van der Waals surface area contributed by atoms with Gasteiger partial charge in [-0.2, -0.15) is 10.2 Å². The van der Waals surface area contributed by atoms with Crippen LogP contribution in [0, 0.1) is 0 Å². The van der Waals surface area contributed by atoms with E-state index in [4.69, 9.17) is 28.4 Å². The van der Waals surface area contributed by atoms with Gasteiger partial charge in [0.15, 0.2) is 0 Å². The van der Waals surface area contributed by atoms with Crippen molar-refractivity contribution in [3.8, 4) is 23.0 Å². The molecule has 0 aromatic heterocycles. The molecule has 302 valence electrons. The molecule has 4 aromatic carbocycles. The van der Waals surface area contributed by atoms with E-state index >= 15 is 0 Å². The zero-order chi connectivity index (χ0) is 41.5. The van der Waals surface area contributed by atoms with Gasteiger partial charge in [-0.3, -0.25) is 0 Å². The fraction of sp³-hybridized carbons (Fsp3) is 0.261. The highest BCUT2D eigenvalue weighted by molar-refractivity contribution is 6.03. The summed E-state index contributed by atoms with van der Waals surface area (Å²) in [6.45, 7) is 12.2. The second-order valence-corrected chi connectivity index (χ2v) is 12.5. The Kier molecular flexibility index (Phi) is 18.1. The molecule has 4 rings (SSSR count). The number of benzene rings is 4. The molecule has 0 aliphatic carbocycles. The Morgan fingerprint density at radius 1 is 0.466 bits per heavy atom. The highest BCUT2D eigenvalue weighted by Crippen LogP contribution is 2.20. The molecule has 0 saturated carbocycles. The van der Waals surface area contributed by atoms with Gasteiger partial charge in [0.25, 0.3) is 0 Å². The molecule has 0 aliphatic rings. The third kappa shape index (κ3) is 14.7. The minimum atomic E-state index is -0.499. The first kappa shape index (κ1) is 43.9. The SMILES string of the molecule is C=CC(=O)OCCCCOc1ccc(C(=O)Oc2ccc(/C(CC)=N/N=C(\CC)c3ccc(OC(=O)c4ccc(OCCCCOC(=O)C=C)cc4)cc3)cc2)cc1. The van der Waals surface area contributed by atoms with E-state index in [9.17, 15) is 19.2 Å². The molecule has 0 saturated heterocycles. The van der Waals surface area contributed by atoms with Gasteiger partial charge in [-0.25, -0.2) is 19.2 Å². The molecule has 0 spiro atoms. The van der Waals surface area contributed by atoms with Gasteiger partial charge < -0.3 is 28.4 Å². The Morgan fingerprint density at radius 3 is 1.10 bits per heavy atom. The second-order valence-electron chi connectivity index (χ2n) is 12.5. The van der Waals surface area contributed by atoms with E-state index < -0.39 is 23.9 Å². The maximum Gasteiger partial charge on any atom is 0.343 e. The summed E-state index contributed by atoms with van der Waals surface area (Å²) in [6, 6.07) is 27.6. The largest absolute Gasteiger partial charge is 0.494 e. The van der Waals surface area contributed by atoms with Gasteiger partial charge in [0.1, 0.15) is 23.0 Å². The highest BCUT2D eigenvalue weighted by Gasteiger charge is 2.12. The van der Waals surface area contributed by atoms with Crippen LogP contribution >= 0.6 is 0 Å². The lowest BCUT2D eigenvalue weighted by Gasteiger charge is -2.09. The van der Waals surface area contributed by atoms with Crippen LogP contribution in [0.25, 0.3) is 0 Å². The predicted molar refractivity (Wildman–Crippen MR) is 221 cm³/mol. The molecule has 0 aliphatic heterocycles. The summed E-state index contributed by atoms with van der Waals surface area (Å²) in [5.74, 6) is 0.121. The summed E-state index contributed by atoms with van der Waals surface area (Å²) in [5, 5.41) is 9.11. The number of hydrogen-bond donors (Lipinski definition) is 0. The first-order valence-corrected chi connectivity index (χ1v) is 19.1. The molecule has 0 amide bonds. The topological polar surface area (TPSA) is 148 Å². The first-order chi connectivity index (χ1) is 28.2. The van der Waals surface area contributed by atoms with E-state index in [1.165, 1.54) is 0 Å². The van der Waals surface area contributed by atoms with Crippen molar-refractivity contribution in [1.82, 2.24) is 0 Å². The molecule has 0 unspecified atom stereocenters. The molecule has 0 N–H and O–H groups in total. The predicted octanol–water partition coefficient (Wildman–Crippen LogP) is 8.91. The lowest BCUT2D eigenvalue weighted by molar-refractivity contribution is -0.138. The van der Waals surface area contributed by atoms with Crippen LogP contribution < -0.4 is 18.9 Å². The van der Waals surface area contributed by atoms with Crippen LogP contribution in [0.2, 0.25) is 0 Å². The molecular formula is C46H48N2O10. The van der Waals surface area contributed by atoms with Crippen molar-refractivity contribution in [3.63, 3.8) is 0 Å². The Labute approximate surface area is 338 Å². The molecule has 0 radical (unpaired) electrons. The quantitative estimate of drug-likeness (QED) is 0.0178. The fourth-order valence-electron chi connectivity index (χ4n) is 5.17. The van der Waals surface area contributed by atoms with Crippen LogP contribution in [0.3, 0.4) is 0 Å². The first-order valence-electron chi connectivity index (χ1n) is 19.1. The fourth-order valence-corrected chi connectivity index (χ4v) is 5.17. The maximum atomic E-state index is 12.8. The van der Waals surface area contributed by atoms with Gasteiger partial charge >= 0.3 is 23.9 Å². The zero-order valence-corrected chi connectivity index (χ0v) is 32.9. The lowest BCUT2D eigenvalue weighted by atomic mass is 10.1. The van der Waals surface area contributed by atoms with Crippen LogP contribution in [0.4, 0.5) is 0 Å². The van der Waals surface area contributed by atoms with E-state index in [-0.39, 0.29) is 0 Å². The molecule has 0 fully saturated rings. The Balaban J connectivity index is 1.25. The maximum absolute atomic E-state index is 12.8. The summed E-state index contributed by atoms with van der Waals surface area (Å²) >= 11 is 0. The summed E-state index contributed by atoms with van der Waals surface area (Å²) in [4.78, 5) is 47.7. The van der Waals surface area contributed by atoms with E-state index in [2.05, 4.69) is 23.4 Å². The molecule has 58 heavy (non-hydrogen) atoms. The van der Waals surface area contributed by atoms with Gasteiger partial charge in [0.05, 0.1) is 49.0 Å². The minimum Gasteiger partial charge on any atom is -0.494 e. The van der Waals surface area contributed by atoms with E-state index in [1.54, 1.807) is 72.8 Å². The summed E-state index contributed by atoms with van der Waals surface area (Å²) in [7, 11) is 0. The standard InChI is InChI=1S/C46H48N2O10/c1-5-41(33-13-25-39(26-14-33)57-45(51)35-17-21-37(22-18-35)53-29-9-11-31-55-43(49)7-3)47-48-42(6-2)34-15-27-40(28-16-34)58-46(52)36-19-23-38(24-20-36)54-30-10-12-32-56-44(50)8-4/h7-8,13-28H,3-6,9-12,29-32H2,1-2H3/b47-41+,48-42+. The number of nitrogens with zero attached hydrogens (tertiary/aromatic N) is 2. The summed E-state index contributed by atoms with van der Waals surface area (Å²) in [6.07, 6.45) is 6.23. The van der Waals surface area contributed by atoms with Gasteiger partial charge in [-0.05, 0) is 147 Å². The molecule has 12 heteroatoms. The van der Waals surface area contributed by atoms with E-state index in [1.807, 2.05) is 38.1 Å². The van der Waals surface area contributed by atoms with Crippen molar-refractivity contribution in [2.45, 2.75) is 52.4 Å². The third-order valence-corrected chi connectivity index (χ3v) is 8.37. The molecule has 0 bridgehead atoms. The third-order valence-electron chi connectivity index (χ3n) is 8.37. The highest BCUT2D eigenvalue weighted by atomic mass is 16.5. The number of hydrogen-bond acceptors (Lipinski definition) is 12. The van der Waals surface area contributed by atoms with Crippen molar-refractivity contribution in [2.24, 2.45) is 10.2 Å². The smallest absolute Gasteiger partial charge is 0.343 e. The van der Waals surface area contributed by atoms with Gasteiger partial charge in [-0.1, -0.05) is 27.0 Å². The number of ether oxygens (including phenoxy) is 6. The van der Waals surface area contributed by atoms with E-state index in [0.29, 0.717) is 99.1 Å². The van der Waals surface area contributed by atoms with Crippen LogP contribution in [-0.4, -0.2) is 61.7 Å². The summed E-state index contributed by atoms with van der Waals surface area (Å²) in [5.41, 5.74) is 3.95. The Bertz CT molecular complexity index is 1890. The van der Waals surface area contributed by atoms with Gasteiger partial charge in [0, 0.05) is 12.2 Å². The number of carbonyl (C=O) groups is 4. The average Bonchev–Trinajstić information content (AvgIpc) is 3.25. The lowest BCUT2D eigenvalue weighted by Crippen LogP contribution is -2.09. The number of carbonyl (C=O) groups excluding carboxylic acids is 4. The number of unbranched alkanes of at least 4 members (excludes halogenated alkanes) is 2. The normalized spacial score (nSPS) is 11.2. The van der Waals surface area contributed by atoms with E-state index in [0.717, 1.165) is 34.7 Å². The minimum absolute atomic E-state index is 0.304. The van der Waals surface area contributed by atoms with Crippen molar-refractivity contribution >= 4 is 35.3 Å². The van der Waals surface area contributed by atoms with Crippen molar-refractivity contribution in [1.29, 1.82) is 0 Å². The van der Waals surface area contributed by atoms with Crippen molar-refractivity contribution in [2.75, 3.05) is 26.4 Å². The molecule has 12 nitrogen and oxygen atoms in total. The second kappa shape index (κ2) is 24.0. The molecule has 4 aromatic rings. The van der Waals surface area contributed by atoms with Crippen LogP contribution in [0.5, 0.6) is 23.0 Å². The van der Waals surface area contributed by atoms with Crippen LogP contribution in [0.15, 0.2) is 133 Å². The van der Waals surface area contributed by atoms with Crippen LogP contribution in [0.1, 0.15) is 84.2 Å². The van der Waals surface area contributed by atoms with Crippen molar-refractivity contribution < 1.29 is 47.6 Å². The average molecular weight is 789 g/mol. The van der Waals surface area contributed by atoms with Gasteiger partial charge in [-0.15, -0.1) is 0 Å². The summed E-state index contributed by atoms with van der Waals surface area (Å²) < 4.78 is 32.4. The number of esters is 4. The number of rotatable bonds is 23. The van der Waals surface area contributed by atoms with Gasteiger partial charge in [0.2, 0.25) is 0 Å². The zero-order valence-electron chi connectivity index (χ0n) is 32.9.